The van der Waals surface area contributed by atoms with Gasteiger partial charge in [-0.2, -0.15) is 0 Å². The first-order valence-electron chi connectivity index (χ1n) is 9.59. The molecule has 170 valence electrons. The molecule has 32 heavy (non-hydrogen) atoms. The van der Waals surface area contributed by atoms with E-state index >= 15 is 0 Å². The van der Waals surface area contributed by atoms with Gasteiger partial charge in [-0.15, -0.1) is 0 Å². The Morgan fingerprint density at radius 1 is 0.875 bits per heavy atom. The first kappa shape index (κ1) is 24.4. The van der Waals surface area contributed by atoms with Crippen molar-refractivity contribution in [1.29, 1.82) is 0 Å². The molecule has 0 aliphatic rings. The van der Waals surface area contributed by atoms with Gasteiger partial charge in [0.1, 0.15) is 17.4 Å². The number of amides is 1. The second-order valence-electron chi connectivity index (χ2n) is 6.67. The second kappa shape index (κ2) is 11.5. The van der Waals surface area contributed by atoms with Crippen molar-refractivity contribution in [2.45, 2.75) is 6.42 Å². The maximum atomic E-state index is 12.8. The quantitative estimate of drug-likeness (QED) is 0.253. The van der Waals surface area contributed by atoms with Gasteiger partial charge in [-0.25, -0.2) is 5.43 Å². The average Bonchev–Trinajstić information content (AvgIpc) is 2.80. The minimum Gasteiger partial charge on any atom is -0.497 e. The Bertz CT molecular complexity index is 957. The van der Waals surface area contributed by atoms with E-state index in [0.29, 0.717) is 11.5 Å². The van der Waals surface area contributed by atoms with Crippen LogP contribution in [-0.2, 0) is 9.59 Å². The monoisotopic (exact) mass is 444 g/mol. The van der Waals surface area contributed by atoms with Gasteiger partial charge < -0.3 is 19.7 Å². The van der Waals surface area contributed by atoms with Crippen LogP contribution in [0.3, 0.4) is 0 Å². The number of rotatable bonds is 12. The van der Waals surface area contributed by atoms with Crippen LogP contribution < -0.4 is 14.9 Å². The Morgan fingerprint density at radius 3 is 1.81 bits per heavy atom. The summed E-state index contributed by atoms with van der Waals surface area (Å²) in [6.45, 7) is -0.648. The van der Waals surface area contributed by atoms with Crippen LogP contribution in [-0.4, -0.2) is 66.2 Å². The van der Waals surface area contributed by atoms with E-state index in [2.05, 4.69) is 5.43 Å². The molecule has 2 rings (SSSR count). The first-order valence-corrected chi connectivity index (χ1v) is 9.59. The minimum absolute atomic E-state index is 0.165. The molecule has 0 aliphatic carbocycles. The number of nitrogens with zero attached hydrogens (tertiary/aromatic N) is 1. The number of carbonyl (C=O) groups is 4. The number of methoxy groups -OCH3 is 2. The summed E-state index contributed by atoms with van der Waals surface area (Å²) in [6, 6.07) is 12.1. The molecule has 10 heteroatoms. The normalized spacial score (nSPS) is 11.3. The number of hydrogen-bond donors (Lipinski definition) is 3. The van der Waals surface area contributed by atoms with Crippen molar-refractivity contribution in [3.05, 3.63) is 59.7 Å². The number of hydrogen-bond acceptors (Lipinski definition) is 7. The van der Waals surface area contributed by atoms with E-state index in [1.54, 1.807) is 12.1 Å². The van der Waals surface area contributed by atoms with Gasteiger partial charge in [-0.1, -0.05) is 0 Å². The van der Waals surface area contributed by atoms with Crippen molar-refractivity contribution in [2.75, 3.05) is 27.3 Å². The molecule has 10 nitrogen and oxygen atoms in total. The average molecular weight is 444 g/mol. The lowest BCUT2D eigenvalue weighted by molar-refractivity contribution is -0.140. The molecule has 3 N–H and O–H groups in total. The molecule has 0 saturated carbocycles. The summed E-state index contributed by atoms with van der Waals surface area (Å²) >= 11 is 0. The van der Waals surface area contributed by atoms with E-state index in [1.807, 2.05) is 0 Å². The molecule has 0 fully saturated rings. The maximum absolute atomic E-state index is 12.8. The number of hydrazine groups is 1. The number of carboxylic acid groups (broad SMARTS) is 2. The van der Waals surface area contributed by atoms with Crippen molar-refractivity contribution in [1.82, 2.24) is 10.4 Å². The van der Waals surface area contributed by atoms with Crippen LogP contribution in [0, 0.1) is 5.92 Å². The SMILES string of the molecule is COc1ccc(C(=O)C(CNN(CCC(=O)O)C(=O)c2ccc(OC)cc2)C(=O)O)cc1. The van der Waals surface area contributed by atoms with Crippen LogP contribution in [0.1, 0.15) is 27.1 Å². The number of Topliss-reactive ketones (excluding diaryl/α,β-unsaturated/α-hetero) is 1. The summed E-state index contributed by atoms with van der Waals surface area (Å²) in [7, 11) is 2.94. The maximum Gasteiger partial charge on any atom is 0.315 e. The Kier molecular flexibility index (Phi) is 8.72. The first-order chi connectivity index (χ1) is 15.3. The fourth-order valence-electron chi connectivity index (χ4n) is 2.80. The molecule has 1 atom stereocenters. The fourth-order valence-corrected chi connectivity index (χ4v) is 2.80. The molecule has 0 saturated heterocycles. The third-order valence-corrected chi connectivity index (χ3v) is 4.61. The Balaban J connectivity index is 2.17. The number of carboxylic acids is 2. The molecule has 0 bridgehead atoms. The number of nitrogens with one attached hydrogen (secondary N) is 1. The topological polar surface area (TPSA) is 142 Å². The summed E-state index contributed by atoms with van der Waals surface area (Å²) in [4.78, 5) is 48.3. The highest BCUT2D eigenvalue weighted by atomic mass is 16.5. The summed E-state index contributed by atoms with van der Waals surface area (Å²) in [5.41, 5.74) is 3.02. The predicted molar refractivity (Wildman–Crippen MR) is 113 cm³/mol. The molecular weight excluding hydrogens is 420 g/mol. The summed E-state index contributed by atoms with van der Waals surface area (Å²) in [5, 5.41) is 19.5. The van der Waals surface area contributed by atoms with Gasteiger partial charge in [0, 0.05) is 24.2 Å². The van der Waals surface area contributed by atoms with Crippen molar-refractivity contribution in [3.8, 4) is 11.5 Å². The van der Waals surface area contributed by atoms with E-state index in [0.717, 1.165) is 5.01 Å². The van der Waals surface area contributed by atoms with Crippen LogP contribution in [0.2, 0.25) is 0 Å². The lowest BCUT2D eigenvalue weighted by atomic mass is 9.97. The number of ketones is 1. The highest BCUT2D eigenvalue weighted by Crippen LogP contribution is 2.16. The van der Waals surface area contributed by atoms with Crippen molar-refractivity contribution < 1.29 is 38.9 Å². The summed E-state index contributed by atoms with van der Waals surface area (Å²) < 4.78 is 10.1. The molecule has 0 heterocycles. The van der Waals surface area contributed by atoms with E-state index in [1.165, 1.54) is 50.6 Å². The van der Waals surface area contributed by atoms with Crippen molar-refractivity contribution in [2.24, 2.45) is 5.92 Å². The van der Waals surface area contributed by atoms with Gasteiger partial charge >= 0.3 is 11.9 Å². The third kappa shape index (κ3) is 6.54. The highest BCUT2D eigenvalue weighted by Gasteiger charge is 2.29. The lowest BCUT2D eigenvalue weighted by Gasteiger charge is -2.25. The predicted octanol–water partition coefficient (Wildman–Crippen LogP) is 1.71. The van der Waals surface area contributed by atoms with Gasteiger partial charge in [-0.05, 0) is 48.5 Å². The Hall–Kier alpha value is -3.92. The number of aliphatic carboxylic acids is 2. The van der Waals surface area contributed by atoms with Crippen LogP contribution >= 0.6 is 0 Å². The Morgan fingerprint density at radius 2 is 1.38 bits per heavy atom. The Labute approximate surface area is 184 Å². The van der Waals surface area contributed by atoms with Gasteiger partial charge in [-0.3, -0.25) is 24.2 Å². The molecule has 1 amide bonds. The van der Waals surface area contributed by atoms with Gasteiger partial charge in [0.15, 0.2) is 5.78 Å². The lowest BCUT2D eigenvalue weighted by Crippen LogP contribution is -2.48. The zero-order chi connectivity index (χ0) is 23.7. The van der Waals surface area contributed by atoms with Gasteiger partial charge in [0.05, 0.1) is 20.6 Å². The van der Waals surface area contributed by atoms with Gasteiger partial charge in [0.2, 0.25) is 0 Å². The minimum atomic E-state index is -1.50. The molecule has 0 spiro atoms. The second-order valence-corrected chi connectivity index (χ2v) is 6.67. The fraction of sp³-hybridized carbons (Fsp3) is 0.273. The number of ether oxygens (including phenoxy) is 2. The van der Waals surface area contributed by atoms with Crippen LogP contribution in [0.4, 0.5) is 0 Å². The smallest absolute Gasteiger partial charge is 0.315 e. The van der Waals surface area contributed by atoms with E-state index < -0.39 is 36.1 Å². The molecule has 2 aromatic rings. The van der Waals surface area contributed by atoms with E-state index in [4.69, 9.17) is 14.6 Å². The van der Waals surface area contributed by atoms with Crippen molar-refractivity contribution >= 4 is 23.6 Å². The molecule has 2 aromatic carbocycles. The third-order valence-electron chi connectivity index (χ3n) is 4.61. The summed E-state index contributed by atoms with van der Waals surface area (Å²) in [6.07, 6.45) is -0.376. The molecule has 0 radical (unpaired) electrons. The molecule has 1 unspecified atom stereocenters. The van der Waals surface area contributed by atoms with Crippen LogP contribution in [0.5, 0.6) is 11.5 Å². The molecule has 0 aromatic heterocycles. The summed E-state index contributed by atoms with van der Waals surface area (Å²) in [5.74, 6) is -4.21. The number of carbonyl (C=O) groups excluding carboxylic acids is 2. The largest absolute Gasteiger partial charge is 0.497 e. The zero-order valence-electron chi connectivity index (χ0n) is 17.6. The standard InChI is InChI=1S/C22H24N2O8/c1-31-16-7-3-14(4-8-16)20(27)18(22(29)30)13-23-24(12-11-19(25)26)21(28)15-5-9-17(32-2)10-6-15/h3-10,18,23H,11-13H2,1-2H3,(H,25,26)(H,29,30). The van der Waals surface area contributed by atoms with Crippen LogP contribution in [0.15, 0.2) is 48.5 Å². The van der Waals surface area contributed by atoms with Crippen LogP contribution in [0.25, 0.3) is 0 Å². The highest BCUT2D eigenvalue weighted by molar-refractivity contribution is 6.08. The number of benzene rings is 2. The zero-order valence-corrected chi connectivity index (χ0v) is 17.6. The molecular formula is C22H24N2O8. The molecule has 0 aliphatic heterocycles. The van der Waals surface area contributed by atoms with Crippen molar-refractivity contribution in [3.63, 3.8) is 0 Å². The van der Waals surface area contributed by atoms with E-state index in [-0.39, 0.29) is 24.1 Å². The van der Waals surface area contributed by atoms with Gasteiger partial charge in [0.25, 0.3) is 5.91 Å². The van der Waals surface area contributed by atoms with E-state index in [9.17, 15) is 24.3 Å².